The van der Waals surface area contributed by atoms with Crippen LogP contribution in [0.15, 0.2) is 0 Å². The summed E-state index contributed by atoms with van der Waals surface area (Å²) in [5.41, 5.74) is 4.42. The number of hydrogen-bond donors (Lipinski definition) is 1. The minimum absolute atomic E-state index is 0.0809. The van der Waals surface area contributed by atoms with Crippen LogP contribution in [-0.2, 0) is 14.3 Å². The second-order valence-corrected chi connectivity index (χ2v) is 3.59. The smallest absolute Gasteiger partial charge is 0.311 e. The number of carbonyl (C=O) groups excluding carboxylic acids is 2. The monoisotopic (exact) mass is 187 g/mol. The van der Waals surface area contributed by atoms with Gasteiger partial charge in [0.05, 0.1) is 11.8 Å². The number of rotatable bonds is 5. The number of carbonyl (C=O) groups is 2. The highest BCUT2D eigenvalue weighted by molar-refractivity contribution is 5.77. The lowest BCUT2D eigenvalue weighted by Crippen LogP contribution is -2.27. The van der Waals surface area contributed by atoms with Crippen LogP contribution in [0.1, 0.15) is 33.6 Å². The summed E-state index contributed by atoms with van der Waals surface area (Å²) in [6, 6.07) is 0. The van der Waals surface area contributed by atoms with Crippen molar-refractivity contribution in [3.63, 3.8) is 0 Å². The number of nitrogens with two attached hydrogens (primary N) is 1. The Bertz CT molecular complexity index is 199. The molecule has 13 heavy (non-hydrogen) atoms. The van der Waals surface area contributed by atoms with Gasteiger partial charge in [0.2, 0.25) is 5.91 Å². The van der Waals surface area contributed by atoms with Crippen molar-refractivity contribution in [2.24, 2.45) is 11.1 Å². The highest BCUT2D eigenvalue weighted by atomic mass is 16.5. The second-order valence-electron chi connectivity index (χ2n) is 3.59. The van der Waals surface area contributed by atoms with Crippen LogP contribution in [0.25, 0.3) is 0 Å². The molecule has 0 rings (SSSR count). The van der Waals surface area contributed by atoms with Gasteiger partial charge in [-0.25, -0.2) is 0 Å². The molecule has 0 aliphatic heterocycles. The van der Waals surface area contributed by atoms with Crippen molar-refractivity contribution in [1.29, 1.82) is 0 Å². The first-order valence-electron chi connectivity index (χ1n) is 4.35. The Morgan fingerprint density at radius 3 is 2.31 bits per heavy atom. The summed E-state index contributed by atoms with van der Waals surface area (Å²) in [7, 11) is 0. The highest BCUT2D eigenvalue weighted by Crippen LogP contribution is 2.21. The van der Waals surface area contributed by atoms with Crippen LogP contribution in [-0.4, -0.2) is 18.5 Å². The van der Waals surface area contributed by atoms with Gasteiger partial charge < -0.3 is 10.5 Å². The largest absolute Gasteiger partial charge is 0.465 e. The van der Waals surface area contributed by atoms with Gasteiger partial charge in [0.1, 0.15) is 6.61 Å². The molecular weight excluding hydrogens is 170 g/mol. The number of esters is 1. The average molecular weight is 187 g/mol. The van der Waals surface area contributed by atoms with E-state index in [-0.39, 0.29) is 19.0 Å². The Balaban J connectivity index is 3.81. The van der Waals surface area contributed by atoms with E-state index in [0.717, 1.165) is 0 Å². The molecule has 0 atom stereocenters. The van der Waals surface area contributed by atoms with Gasteiger partial charge in [-0.15, -0.1) is 0 Å². The van der Waals surface area contributed by atoms with Crippen LogP contribution in [0.3, 0.4) is 0 Å². The highest BCUT2D eigenvalue weighted by Gasteiger charge is 2.26. The molecule has 0 aromatic heterocycles. The summed E-state index contributed by atoms with van der Waals surface area (Å²) >= 11 is 0. The molecule has 0 bridgehead atoms. The SMILES string of the molecule is CCC(C)(C)C(=O)OCCC(N)=O. The average Bonchev–Trinajstić information content (AvgIpc) is 2.03. The Kier molecular flexibility index (Phi) is 4.45. The molecule has 0 unspecified atom stereocenters. The van der Waals surface area contributed by atoms with Gasteiger partial charge in [0.15, 0.2) is 0 Å². The van der Waals surface area contributed by atoms with Gasteiger partial charge in [0, 0.05) is 0 Å². The Morgan fingerprint density at radius 2 is 1.92 bits per heavy atom. The maximum Gasteiger partial charge on any atom is 0.311 e. The van der Waals surface area contributed by atoms with E-state index in [0.29, 0.717) is 6.42 Å². The molecule has 0 aliphatic carbocycles. The number of ether oxygens (including phenoxy) is 1. The van der Waals surface area contributed by atoms with Gasteiger partial charge in [-0.3, -0.25) is 9.59 Å². The van der Waals surface area contributed by atoms with Crippen LogP contribution in [0.4, 0.5) is 0 Å². The minimum atomic E-state index is -0.475. The molecule has 0 aromatic carbocycles. The summed E-state index contributed by atoms with van der Waals surface area (Å²) in [6.07, 6.45) is 0.800. The molecule has 0 radical (unpaired) electrons. The van der Waals surface area contributed by atoms with Gasteiger partial charge in [-0.1, -0.05) is 6.92 Å². The van der Waals surface area contributed by atoms with E-state index in [1.807, 2.05) is 6.92 Å². The fourth-order valence-corrected chi connectivity index (χ4v) is 0.584. The third kappa shape index (κ3) is 4.50. The van der Waals surface area contributed by atoms with E-state index < -0.39 is 11.3 Å². The molecule has 0 heterocycles. The first-order valence-corrected chi connectivity index (χ1v) is 4.35. The van der Waals surface area contributed by atoms with Gasteiger partial charge >= 0.3 is 5.97 Å². The zero-order valence-corrected chi connectivity index (χ0v) is 8.42. The standard InChI is InChI=1S/C9H17NO3/c1-4-9(2,3)8(12)13-6-5-7(10)11/h4-6H2,1-3H3,(H2,10,11). The predicted molar refractivity (Wildman–Crippen MR) is 48.8 cm³/mol. The van der Waals surface area contributed by atoms with Crippen molar-refractivity contribution in [3.8, 4) is 0 Å². The maximum absolute atomic E-state index is 11.3. The zero-order valence-electron chi connectivity index (χ0n) is 8.42. The van der Waals surface area contributed by atoms with Crippen molar-refractivity contribution >= 4 is 11.9 Å². The first-order chi connectivity index (χ1) is 5.90. The molecular formula is C9H17NO3. The summed E-state index contributed by atoms with van der Waals surface area (Å²) in [4.78, 5) is 21.6. The van der Waals surface area contributed by atoms with Crippen LogP contribution in [0, 0.1) is 5.41 Å². The van der Waals surface area contributed by atoms with E-state index in [1.165, 1.54) is 0 Å². The summed E-state index contributed by atoms with van der Waals surface area (Å²) in [5.74, 6) is -0.738. The van der Waals surface area contributed by atoms with Crippen molar-refractivity contribution in [3.05, 3.63) is 0 Å². The maximum atomic E-state index is 11.3. The molecule has 4 nitrogen and oxygen atoms in total. The first kappa shape index (κ1) is 11.9. The van der Waals surface area contributed by atoms with E-state index in [4.69, 9.17) is 10.5 Å². The van der Waals surface area contributed by atoms with Crippen LogP contribution >= 0.6 is 0 Å². The summed E-state index contributed by atoms with van der Waals surface area (Å²) < 4.78 is 4.87. The fourth-order valence-electron chi connectivity index (χ4n) is 0.584. The third-order valence-electron chi connectivity index (χ3n) is 2.02. The molecule has 0 saturated carbocycles. The topological polar surface area (TPSA) is 69.4 Å². The molecule has 4 heteroatoms. The second kappa shape index (κ2) is 4.84. The quantitative estimate of drug-likeness (QED) is 0.648. The number of primary amides is 1. The molecule has 0 aliphatic rings. The lowest BCUT2D eigenvalue weighted by Gasteiger charge is -2.19. The molecule has 0 saturated heterocycles. The normalized spacial score (nSPS) is 11.0. The van der Waals surface area contributed by atoms with Crippen molar-refractivity contribution in [2.45, 2.75) is 33.6 Å². The Morgan fingerprint density at radius 1 is 1.38 bits per heavy atom. The minimum Gasteiger partial charge on any atom is -0.465 e. The van der Waals surface area contributed by atoms with Crippen LogP contribution < -0.4 is 5.73 Å². The Hall–Kier alpha value is -1.06. The molecule has 0 aromatic rings. The third-order valence-corrected chi connectivity index (χ3v) is 2.02. The van der Waals surface area contributed by atoms with Crippen molar-refractivity contribution in [2.75, 3.05) is 6.61 Å². The molecule has 0 spiro atoms. The fraction of sp³-hybridized carbons (Fsp3) is 0.778. The predicted octanol–water partition coefficient (Wildman–Crippen LogP) is 0.841. The van der Waals surface area contributed by atoms with E-state index >= 15 is 0 Å². The van der Waals surface area contributed by atoms with Crippen molar-refractivity contribution in [1.82, 2.24) is 0 Å². The van der Waals surface area contributed by atoms with E-state index in [1.54, 1.807) is 13.8 Å². The van der Waals surface area contributed by atoms with Crippen LogP contribution in [0.2, 0.25) is 0 Å². The number of hydrogen-bond acceptors (Lipinski definition) is 3. The van der Waals surface area contributed by atoms with Gasteiger partial charge in [-0.05, 0) is 20.3 Å². The summed E-state index contributed by atoms with van der Waals surface area (Å²) in [5, 5.41) is 0. The lowest BCUT2D eigenvalue weighted by molar-refractivity contribution is -0.154. The van der Waals surface area contributed by atoms with Gasteiger partial charge in [0.25, 0.3) is 0 Å². The number of amides is 1. The van der Waals surface area contributed by atoms with Crippen LogP contribution in [0.5, 0.6) is 0 Å². The van der Waals surface area contributed by atoms with E-state index in [2.05, 4.69) is 0 Å². The lowest BCUT2D eigenvalue weighted by atomic mass is 9.91. The van der Waals surface area contributed by atoms with Crippen molar-refractivity contribution < 1.29 is 14.3 Å². The molecule has 76 valence electrons. The molecule has 0 fully saturated rings. The van der Waals surface area contributed by atoms with Gasteiger partial charge in [-0.2, -0.15) is 0 Å². The molecule has 2 N–H and O–H groups in total. The summed E-state index contributed by atoms with van der Waals surface area (Å²) in [6.45, 7) is 5.60. The van der Waals surface area contributed by atoms with E-state index in [9.17, 15) is 9.59 Å². The zero-order chi connectivity index (χ0) is 10.5. The molecule has 1 amide bonds. The Labute approximate surface area is 78.4 Å².